The molecule has 3 N–H and O–H groups in total. The Morgan fingerprint density at radius 3 is 2.53 bits per heavy atom. The van der Waals surface area contributed by atoms with Crippen LogP contribution >= 0.6 is 0 Å². The van der Waals surface area contributed by atoms with E-state index in [2.05, 4.69) is 34.1 Å². The van der Waals surface area contributed by atoms with Gasteiger partial charge in [-0.15, -0.1) is 0 Å². The minimum atomic E-state index is 0.194. The lowest BCUT2D eigenvalue weighted by molar-refractivity contribution is -0.125. The molecule has 0 radical (unpaired) electrons. The van der Waals surface area contributed by atoms with Gasteiger partial charge in [-0.25, -0.2) is 4.98 Å². The Balaban J connectivity index is 1.24. The zero-order chi connectivity index (χ0) is 23.9. The average Bonchev–Trinajstić information content (AvgIpc) is 3.07. The molecule has 0 spiro atoms. The first kappa shape index (κ1) is 24.4. The van der Waals surface area contributed by atoms with Crippen LogP contribution in [-0.4, -0.2) is 39.7 Å². The van der Waals surface area contributed by atoms with Gasteiger partial charge in [-0.3, -0.25) is 9.69 Å². The van der Waals surface area contributed by atoms with Gasteiger partial charge in [-0.05, 0) is 81.3 Å². The van der Waals surface area contributed by atoms with Gasteiger partial charge in [0.1, 0.15) is 11.6 Å². The molecule has 2 aliphatic rings. The van der Waals surface area contributed by atoms with Crippen molar-refractivity contribution < 1.29 is 10.0 Å². The standard InChI is InChI=1S/C28H38N4O2/c1-20-5-8-25(9-6-20)28(31-34)24-4-2-3-21(7-10-24)17-26(33)23-12-15-32(16-13-23)19-22-11-14-30-27(29)18-22/h5-6,8-9,11,14,18,21,23-24,34H,2-4,7,10,12-13,15-17,19H2,1H3,(H2,29,30)/b31-28+. The van der Waals surface area contributed by atoms with Crippen molar-refractivity contribution in [3.63, 3.8) is 0 Å². The largest absolute Gasteiger partial charge is 0.411 e. The average molecular weight is 463 g/mol. The molecule has 2 atom stereocenters. The summed E-state index contributed by atoms with van der Waals surface area (Å²) in [4.78, 5) is 19.6. The third-order valence-corrected chi connectivity index (χ3v) is 7.71. The summed E-state index contributed by atoms with van der Waals surface area (Å²) in [6.07, 6.45) is 9.58. The van der Waals surface area contributed by atoms with Crippen LogP contribution in [0.15, 0.2) is 47.8 Å². The number of Topliss-reactive ketones (excluding diaryl/α,β-unsaturated/α-hetero) is 1. The first-order valence-electron chi connectivity index (χ1n) is 12.8. The predicted octanol–water partition coefficient (Wildman–Crippen LogP) is 5.22. The van der Waals surface area contributed by atoms with Crippen molar-refractivity contribution in [3.8, 4) is 0 Å². The second-order valence-electron chi connectivity index (χ2n) is 10.2. The molecule has 2 heterocycles. The molecular weight excluding hydrogens is 424 g/mol. The van der Waals surface area contributed by atoms with E-state index in [-0.39, 0.29) is 11.8 Å². The fraction of sp³-hybridized carbons (Fsp3) is 0.536. The van der Waals surface area contributed by atoms with Crippen molar-refractivity contribution in [2.75, 3.05) is 18.8 Å². The second-order valence-corrected chi connectivity index (χ2v) is 10.2. The first-order valence-corrected chi connectivity index (χ1v) is 12.8. The summed E-state index contributed by atoms with van der Waals surface area (Å²) in [5, 5.41) is 13.4. The molecule has 182 valence electrons. The first-order chi connectivity index (χ1) is 16.5. The minimum Gasteiger partial charge on any atom is -0.411 e. The Bertz CT molecular complexity index is 980. The lowest BCUT2D eigenvalue weighted by Gasteiger charge is -2.32. The Morgan fingerprint density at radius 1 is 1.06 bits per heavy atom. The van der Waals surface area contributed by atoms with Gasteiger partial charge in [0.15, 0.2) is 0 Å². The molecule has 1 saturated heterocycles. The number of aromatic nitrogens is 1. The molecule has 2 fully saturated rings. The van der Waals surface area contributed by atoms with E-state index in [0.29, 0.717) is 23.9 Å². The van der Waals surface area contributed by atoms with E-state index in [4.69, 9.17) is 5.73 Å². The van der Waals surface area contributed by atoms with Crippen molar-refractivity contribution in [2.24, 2.45) is 22.9 Å². The molecule has 2 aromatic rings. The summed E-state index contributed by atoms with van der Waals surface area (Å²) in [7, 11) is 0. The number of nitrogens with zero attached hydrogens (tertiary/aromatic N) is 3. The van der Waals surface area contributed by atoms with Crippen molar-refractivity contribution in [3.05, 3.63) is 59.3 Å². The van der Waals surface area contributed by atoms with E-state index in [0.717, 1.165) is 75.9 Å². The van der Waals surface area contributed by atoms with E-state index < -0.39 is 0 Å². The highest BCUT2D eigenvalue weighted by atomic mass is 16.4. The summed E-state index contributed by atoms with van der Waals surface area (Å²) in [6.45, 7) is 4.85. The molecule has 1 saturated carbocycles. The number of pyridine rings is 1. The molecule has 2 unspecified atom stereocenters. The van der Waals surface area contributed by atoms with Crippen molar-refractivity contribution in [1.29, 1.82) is 0 Å². The molecule has 1 aliphatic heterocycles. The van der Waals surface area contributed by atoms with E-state index in [1.807, 2.05) is 24.3 Å². The predicted molar refractivity (Wildman–Crippen MR) is 136 cm³/mol. The van der Waals surface area contributed by atoms with Crippen LogP contribution in [0.25, 0.3) is 0 Å². The molecular formula is C28H38N4O2. The van der Waals surface area contributed by atoms with E-state index >= 15 is 0 Å². The SMILES string of the molecule is Cc1ccc(/C(=N/O)C2CCCC(CC(=O)C3CCN(Cc4ccnc(N)c4)CC3)CC2)cc1. The number of hydrogen-bond donors (Lipinski definition) is 2. The summed E-state index contributed by atoms with van der Waals surface area (Å²) < 4.78 is 0. The molecule has 6 heteroatoms. The minimum absolute atomic E-state index is 0.194. The van der Waals surface area contributed by atoms with Gasteiger partial charge in [0.25, 0.3) is 0 Å². The van der Waals surface area contributed by atoms with Gasteiger partial charge in [0, 0.05) is 31.0 Å². The van der Waals surface area contributed by atoms with Gasteiger partial charge >= 0.3 is 0 Å². The number of benzene rings is 1. The molecule has 1 aromatic carbocycles. The van der Waals surface area contributed by atoms with Crippen LogP contribution in [0.2, 0.25) is 0 Å². The highest BCUT2D eigenvalue weighted by Gasteiger charge is 2.29. The second kappa shape index (κ2) is 11.6. The highest BCUT2D eigenvalue weighted by Crippen LogP contribution is 2.33. The molecule has 0 amide bonds. The molecule has 1 aromatic heterocycles. The van der Waals surface area contributed by atoms with Crippen molar-refractivity contribution in [2.45, 2.75) is 64.8 Å². The smallest absolute Gasteiger partial charge is 0.136 e. The third kappa shape index (κ3) is 6.44. The number of carbonyl (C=O) groups is 1. The Hall–Kier alpha value is -2.73. The summed E-state index contributed by atoms with van der Waals surface area (Å²) in [5.74, 6) is 1.92. The fourth-order valence-electron chi connectivity index (χ4n) is 5.67. The topological polar surface area (TPSA) is 91.8 Å². The van der Waals surface area contributed by atoms with Gasteiger partial charge in [-0.2, -0.15) is 0 Å². The quantitative estimate of drug-likeness (QED) is 0.255. The van der Waals surface area contributed by atoms with Gasteiger partial charge in [0.2, 0.25) is 0 Å². The molecule has 4 rings (SSSR count). The fourth-order valence-corrected chi connectivity index (χ4v) is 5.67. The number of likely N-dealkylation sites (tertiary alicyclic amines) is 1. The number of ketones is 1. The number of aryl methyl sites for hydroxylation is 1. The van der Waals surface area contributed by atoms with Gasteiger partial charge in [0.05, 0.1) is 5.71 Å². The van der Waals surface area contributed by atoms with Gasteiger partial charge in [-0.1, -0.05) is 47.8 Å². The Kier molecular flexibility index (Phi) is 8.33. The zero-order valence-corrected chi connectivity index (χ0v) is 20.3. The normalized spacial score (nSPS) is 22.9. The number of nitrogen functional groups attached to an aromatic ring is 1. The molecule has 0 bridgehead atoms. The van der Waals surface area contributed by atoms with Gasteiger partial charge < -0.3 is 10.9 Å². The lowest BCUT2D eigenvalue weighted by Crippen LogP contribution is -2.36. The van der Waals surface area contributed by atoms with Crippen molar-refractivity contribution in [1.82, 2.24) is 9.88 Å². The van der Waals surface area contributed by atoms with Crippen LogP contribution in [0.3, 0.4) is 0 Å². The number of nitrogens with two attached hydrogens (primary N) is 1. The summed E-state index contributed by atoms with van der Waals surface area (Å²) >= 11 is 0. The number of carbonyl (C=O) groups excluding carboxylic acids is 1. The number of anilines is 1. The summed E-state index contributed by atoms with van der Waals surface area (Å²) in [6, 6.07) is 12.2. The van der Waals surface area contributed by atoms with Crippen LogP contribution < -0.4 is 5.73 Å². The van der Waals surface area contributed by atoms with E-state index in [1.165, 1.54) is 11.1 Å². The maximum Gasteiger partial charge on any atom is 0.136 e. The zero-order valence-electron chi connectivity index (χ0n) is 20.3. The number of hydrogen-bond acceptors (Lipinski definition) is 6. The van der Waals surface area contributed by atoms with E-state index in [1.54, 1.807) is 6.20 Å². The molecule has 1 aliphatic carbocycles. The van der Waals surface area contributed by atoms with Crippen LogP contribution in [0.4, 0.5) is 5.82 Å². The third-order valence-electron chi connectivity index (χ3n) is 7.71. The van der Waals surface area contributed by atoms with Crippen LogP contribution in [0.5, 0.6) is 0 Å². The van der Waals surface area contributed by atoms with Crippen LogP contribution in [-0.2, 0) is 11.3 Å². The monoisotopic (exact) mass is 462 g/mol. The lowest BCUT2D eigenvalue weighted by atomic mass is 9.84. The molecule has 34 heavy (non-hydrogen) atoms. The molecule has 6 nitrogen and oxygen atoms in total. The number of rotatable bonds is 7. The van der Waals surface area contributed by atoms with E-state index in [9.17, 15) is 10.0 Å². The maximum absolute atomic E-state index is 13.1. The van der Waals surface area contributed by atoms with Crippen LogP contribution in [0.1, 0.15) is 68.1 Å². The highest BCUT2D eigenvalue weighted by molar-refractivity contribution is 6.01. The number of oxime groups is 1. The Labute approximate surface area is 203 Å². The van der Waals surface area contributed by atoms with Crippen LogP contribution in [0, 0.1) is 24.7 Å². The summed E-state index contributed by atoms with van der Waals surface area (Å²) in [5.41, 5.74) is 9.99. The van der Waals surface area contributed by atoms with Crippen molar-refractivity contribution >= 4 is 17.3 Å². The number of piperidine rings is 1. The maximum atomic E-state index is 13.1. The Morgan fingerprint density at radius 2 is 1.82 bits per heavy atom.